The van der Waals surface area contributed by atoms with E-state index in [0.717, 1.165) is 19.3 Å². The third kappa shape index (κ3) is 4.42. The van der Waals surface area contributed by atoms with Gasteiger partial charge in [0.1, 0.15) is 0 Å². The van der Waals surface area contributed by atoms with Gasteiger partial charge in [-0.2, -0.15) is 0 Å². The third-order valence-corrected chi connectivity index (χ3v) is 4.33. The van der Waals surface area contributed by atoms with E-state index in [-0.39, 0.29) is 11.9 Å². The Morgan fingerprint density at radius 2 is 2.17 bits per heavy atom. The van der Waals surface area contributed by atoms with E-state index in [1.807, 2.05) is 13.0 Å². The van der Waals surface area contributed by atoms with Crippen LogP contribution in [0.1, 0.15) is 33.1 Å². The molecule has 0 radical (unpaired) electrons. The van der Waals surface area contributed by atoms with Crippen LogP contribution in [0.4, 0.5) is 0 Å². The van der Waals surface area contributed by atoms with Crippen LogP contribution in [-0.4, -0.2) is 44.0 Å². The quantitative estimate of drug-likeness (QED) is 0.774. The summed E-state index contributed by atoms with van der Waals surface area (Å²) in [4.78, 5) is 11.8. The molecular weight excluding hydrogens is 252 g/mol. The van der Waals surface area contributed by atoms with E-state index in [1.54, 1.807) is 6.92 Å². The number of carbonyl (C=O) groups excluding carboxylic acids is 1. The van der Waals surface area contributed by atoms with Gasteiger partial charge in [-0.05, 0) is 26.2 Å². The second-order valence-electron chi connectivity index (χ2n) is 4.73. The van der Waals surface area contributed by atoms with Gasteiger partial charge in [-0.1, -0.05) is 13.0 Å². The fraction of sp³-hybridized carbons (Fsp3) is 0.750. The molecule has 1 aliphatic rings. The van der Waals surface area contributed by atoms with Crippen LogP contribution in [0.25, 0.3) is 0 Å². The molecule has 1 fully saturated rings. The number of amides is 1. The molecule has 0 aliphatic carbocycles. The number of allylic oxidation sites excluding steroid dienone is 1. The van der Waals surface area contributed by atoms with Crippen molar-refractivity contribution >= 4 is 15.9 Å². The van der Waals surface area contributed by atoms with E-state index in [4.69, 9.17) is 0 Å². The first kappa shape index (κ1) is 15.2. The number of sulfonamides is 1. The fourth-order valence-electron chi connectivity index (χ4n) is 2.06. The number of carbonyl (C=O) groups is 1. The van der Waals surface area contributed by atoms with Crippen molar-refractivity contribution in [1.82, 2.24) is 9.62 Å². The van der Waals surface area contributed by atoms with Crippen molar-refractivity contribution in [3.8, 4) is 0 Å². The van der Waals surface area contributed by atoms with Gasteiger partial charge in [0, 0.05) is 24.7 Å². The second kappa shape index (κ2) is 6.33. The lowest BCUT2D eigenvalue weighted by Gasteiger charge is -2.31. The number of hydrogen-bond acceptors (Lipinski definition) is 3. The first-order valence-electron chi connectivity index (χ1n) is 6.27. The lowest BCUT2D eigenvalue weighted by molar-refractivity contribution is -0.118. The molecule has 0 spiro atoms. The van der Waals surface area contributed by atoms with Crippen molar-refractivity contribution in [3.05, 3.63) is 11.6 Å². The van der Waals surface area contributed by atoms with E-state index >= 15 is 0 Å². The number of nitrogens with one attached hydrogen (secondary N) is 1. The first-order valence-corrected chi connectivity index (χ1v) is 8.12. The van der Waals surface area contributed by atoms with Crippen LogP contribution >= 0.6 is 0 Å². The zero-order valence-corrected chi connectivity index (χ0v) is 12.1. The van der Waals surface area contributed by atoms with Crippen molar-refractivity contribution in [1.29, 1.82) is 0 Å². The van der Waals surface area contributed by atoms with Crippen molar-refractivity contribution in [3.63, 3.8) is 0 Å². The number of nitrogens with zero attached hydrogens (tertiary/aromatic N) is 1. The Bertz CT molecular complexity index is 429. The van der Waals surface area contributed by atoms with Gasteiger partial charge >= 0.3 is 0 Å². The molecule has 0 aromatic carbocycles. The number of rotatable bonds is 4. The number of piperidine rings is 1. The normalized spacial score (nSPS) is 22.8. The average Bonchev–Trinajstić information content (AvgIpc) is 2.28. The molecular formula is C12H22N2O3S. The van der Waals surface area contributed by atoms with Crippen LogP contribution in [0.3, 0.4) is 0 Å². The van der Waals surface area contributed by atoms with Crippen LogP contribution in [0.2, 0.25) is 0 Å². The molecule has 0 bridgehead atoms. The minimum absolute atomic E-state index is 0.0822. The summed E-state index contributed by atoms with van der Waals surface area (Å²) in [6.07, 6.45) is 5.51. The average molecular weight is 274 g/mol. The van der Waals surface area contributed by atoms with E-state index in [2.05, 4.69) is 5.32 Å². The summed E-state index contributed by atoms with van der Waals surface area (Å²) in [6, 6.07) is -0.0822. The fourth-order valence-corrected chi connectivity index (χ4v) is 2.97. The Kier molecular flexibility index (Phi) is 5.34. The molecule has 104 valence electrons. The summed E-state index contributed by atoms with van der Waals surface area (Å²) in [7, 11) is -3.16. The molecule has 0 aromatic rings. The Morgan fingerprint density at radius 3 is 2.72 bits per heavy atom. The molecule has 0 saturated carbocycles. The highest BCUT2D eigenvalue weighted by molar-refractivity contribution is 7.88. The maximum absolute atomic E-state index is 11.8. The lowest BCUT2D eigenvalue weighted by atomic mass is 10.1. The minimum atomic E-state index is -3.16. The van der Waals surface area contributed by atoms with Crippen LogP contribution in [0.15, 0.2) is 11.6 Å². The van der Waals surface area contributed by atoms with Crippen LogP contribution in [0, 0.1) is 0 Å². The van der Waals surface area contributed by atoms with Gasteiger partial charge in [-0.25, -0.2) is 12.7 Å². The zero-order chi connectivity index (χ0) is 13.8. The monoisotopic (exact) mass is 274 g/mol. The summed E-state index contributed by atoms with van der Waals surface area (Å²) >= 11 is 0. The predicted molar refractivity (Wildman–Crippen MR) is 71.6 cm³/mol. The minimum Gasteiger partial charge on any atom is -0.348 e. The molecule has 18 heavy (non-hydrogen) atoms. The summed E-state index contributed by atoms with van der Waals surface area (Å²) in [5.74, 6) is -0.0998. The molecule has 1 aliphatic heterocycles. The van der Waals surface area contributed by atoms with Gasteiger partial charge in [-0.3, -0.25) is 4.79 Å². The van der Waals surface area contributed by atoms with Gasteiger partial charge in [0.25, 0.3) is 0 Å². The predicted octanol–water partition coefficient (Wildman–Crippen LogP) is 0.883. The molecule has 1 rings (SSSR count). The van der Waals surface area contributed by atoms with E-state index < -0.39 is 10.0 Å². The van der Waals surface area contributed by atoms with Crippen molar-refractivity contribution in [2.75, 3.05) is 19.3 Å². The molecule has 1 atom stereocenters. The van der Waals surface area contributed by atoms with E-state index in [0.29, 0.717) is 18.7 Å². The van der Waals surface area contributed by atoms with Gasteiger partial charge in [0.15, 0.2) is 0 Å². The zero-order valence-electron chi connectivity index (χ0n) is 11.3. The van der Waals surface area contributed by atoms with Crippen molar-refractivity contribution in [2.24, 2.45) is 0 Å². The Morgan fingerprint density at radius 1 is 1.50 bits per heavy atom. The lowest BCUT2D eigenvalue weighted by Crippen LogP contribution is -2.49. The molecule has 1 heterocycles. The van der Waals surface area contributed by atoms with Gasteiger partial charge in [0.05, 0.1) is 6.26 Å². The smallest absolute Gasteiger partial charge is 0.246 e. The molecule has 1 saturated heterocycles. The van der Waals surface area contributed by atoms with Crippen LogP contribution in [0.5, 0.6) is 0 Å². The van der Waals surface area contributed by atoms with Crippen molar-refractivity contribution < 1.29 is 13.2 Å². The molecule has 0 unspecified atom stereocenters. The van der Waals surface area contributed by atoms with Gasteiger partial charge in [0.2, 0.25) is 15.9 Å². The molecule has 1 amide bonds. The van der Waals surface area contributed by atoms with E-state index in [9.17, 15) is 13.2 Å². The third-order valence-electron chi connectivity index (χ3n) is 3.06. The summed E-state index contributed by atoms with van der Waals surface area (Å²) in [6.45, 7) is 4.68. The second-order valence-corrected chi connectivity index (χ2v) is 6.71. The SMILES string of the molecule is CC/C=C(/C)C(=O)N[C@@H]1CCCN(S(C)(=O)=O)C1. The molecule has 5 nitrogen and oxygen atoms in total. The van der Waals surface area contributed by atoms with Gasteiger partial charge < -0.3 is 5.32 Å². The summed E-state index contributed by atoms with van der Waals surface area (Å²) in [5.41, 5.74) is 0.689. The Labute approximate surface area is 109 Å². The Hall–Kier alpha value is -0.880. The highest BCUT2D eigenvalue weighted by atomic mass is 32.2. The largest absolute Gasteiger partial charge is 0.348 e. The highest BCUT2D eigenvalue weighted by Crippen LogP contribution is 2.13. The Balaban J connectivity index is 2.58. The van der Waals surface area contributed by atoms with Gasteiger partial charge in [-0.15, -0.1) is 0 Å². The van der Waals surface area contributed by atoms with E-state index in [1.165, 1.54) is 10.6 Å². The summed E-state index contributed by atoms with van der Waals surface area (Å²) < 4.78 is 24.3. The molecule has 0 aromatic heterocycles. The first-order chi connectivity index (χ1) is 8.34. The standard InChI is InChI=1S/C12H22N2O3S/c1-4-6-10(2)12(15)13-11-7-5-8-14(9-11)18(3,16)17/h6,11H,4-5,7-9H2,1-3H3,(H,13,15)/b10-6-/t11-/m1/s1. The summed E-state index contributed by atoms with van der Waals surface area (Å²) in [5, 5.41) is 2.89. The highest BCUT2D eigenvalue weighted by Gasteiger charge is 2.26. The maximum atomic E-state index is 11.8. The molecule has 6 heteroatoms. The van der Waals surface area contributed by atoms with Crippen LogP contribution in [-0.2, 0) is 14.8 Å². The number of hydrogen-bond donors (Lipinski definition) is 1. The van der Waals surface area contributed by atoms with Crippen LogP contribution < -0.4 is 5.32 Å². The maximum Gasteiger partial charge on any atom is 0.246 e. The van der Waals surface area contributed by atoms with Crippen molar-refractivity contribution in [2.45, 2.75) is 39.2 Å². The molecule has 1 N–H and O–H groups in total. The topological polar surface area (TPSA) is 66.5 Å².